The Morgan fingerprint density at radius 2 is 1.61 bits per heavy atom. The van der Waals surface area contributed by atoms with Gasteiger partial charge in [-0.25, -0.2) is 0 Å². The van der Waals surface area contributed by atoms with Crippen molar-refractivity contribution in [2.24, 2.45) is 23.7 Å². The Kier molecular flexibility index (Phi) is 6.12. The number of carbonyl (C=O) groups excluding carboxylic acids is 4. The van der Waals surface area contributed by atoms with Crippen LogP contribution < -0.4 is 5.32 Å². The number of hydrogen-bond acceptors (Lipinski definition) is 5. The summed E-state index contributed by atoms with van der Waals surface area (Å²) in [5.41, 5.74) is 2.84. The van der Waals surface area contributed by atoms with Crippen LogP contribution in [-0.2, 0) is 36.8 Å². The lowest BCUT2D eigenvalue weighted by Gasteiger charge is -2.19. The Balaban J connectivity index is 1.26. The molecule has 1 aromatic carbocycles. The highest BCUT2D eigenvalue weighted by Gasteiger charge is 2.60. The monoisotopic (exact) mass is 426 g/mol. The molecule has 4 rings (SSSR count). The molecular formula is C24H30N2O5. The van der Waals surface area contributed by atoms with E-state index < -0.39 is 18.5 Å². The highest BCUT2D eigenvalue weighted by atomic mass is 16.5. The number of aryl methyl sites for hydroxylation is 2. The minimum absolute atomic E-state index is 0.0310. The second-order valence-corrected chi connectivity index (χ2v) is 8.83. The van der Waals surface area contributed by atoms with Crippen molar-refractivity contribution in [3.05, 3.63) is 29.3 Å². The number of likely N-dealkylation sites (tertiary alicyclic amines) is 1. The Hall–Kier alpha value is -2.70. The summed E-state index contributed by atoms with van der Waals surface area (Å²) in [5, 5.41) is 2.86. The van der Waals surface area contributed by atoms with Crippen molar-refractivity contribution < 1.29 is 23.9 Å². The Labute approximate surface area is 182 Å². The van der Waals surface area contributed by atoms with E-state index in [-0.39, 0.29) is 36.6 Å². The van der Waals surface area contributed by atoms with Gasteiger partial charge >= 0.3 is 5.97 Å². The normalized spacial score (nSPS) is 26.3. The minimum atomic E-state index is -0.588. The molecule has 1 aliphatic heterocycles. The molecule has 1 heterocycles. The molecule has 0 radical (unpaired) electrons. The molecule has 3 amide bonds. The third-order valence-corrected chi connectivity index (χ3v) is 7.19. The van der Waals surface area contributed by atoms with Gasteiger partial charge in [0.05, 0.1) is 18.3 Å². The number of carbonyl (C=O) groups is 4. The lowest BCUT2D eigenvalue weighted by Crippen LogP contribution is -2.35. The maximum Gasteiger partial charge on any atom is 0.308 e. The van der Waals surface area contributed by atoms with Crippen LogP contribution in [0.4, 0.5) is 5.69 Å². The summed E-state index contributed by atoms with van der Waals surface area (Å²) < 4.78 is 5.10. The predicted octanol–water partition coefficient (Wildman–Crippen LogP) is 2.71. The van der Waals surface area contributed by atoms with Crippen LogP contribution in [0, 0.1) is 23.7 Å². The highest BCUT2D eigenvalue weighted by molar-refractivity contribution is 6.06. The largest absolute Gasteiger partial charge is 0.456 e. The summed E-state index contributed by atoms with van der Waals surface area (Å²) in [6, 6.07) is 5.90. The third-order valence-electron chi connectivity index (χ3n) is 7.19. The van der Waals surface area contributed by atoms with Crippen molar-refractivity contribution in [1.82, 2.24) is 4.90 Å². The maximum atomic E-state index is 12.7. The molecule has 1 aromatic rings. The van der Waals surface area contributed by atoms with Crippen LogP contribution in [0.5, 0.6) is 0 Å². The standard InChI is InChI=1S/C24H30N2O5/c1-3-14-6-5-7-15(4-2)22(14)25-18(27)13-31-19(28)10-11-26-23(29)20-16-8-9-17(12-16)21(20)24(26)30/h5-7,16-17,20-21H,3-4,8-13H2,1-2H3,(H,25,27)/t16-,17-,20-,21+/m0/s1. The number of rotatable bonds is 8. The zero-order chi connectivity index (χ0) is 22.1. The van der Waals surface area contributed by atoms with Gasteiger partial charge in [-0.15, -0.1) is 0 Å². The van der Waals surface area contributed by atoms with Crippen LogP contribution >= 0.6 is 0 Å². The maximum absolute atomic E-state index is 12.7. The smallest absolute Gasteiger partial charge is 0.308 e. The fourth-order valence-electron chi connectivity index (χ4n) is 5.69. The van der Waals surface area contributed by atoms with Crippen LogP contribution in [0.1, 0.15) is 50.7 Å². The van der Waals surface area contributed by atoms with Crippen molar-refractivity contribution >= 4 is 29.4 Å². The summed E-state index contributed by atoms with van der Waals surface area (Å²) in [6.07, 6.45) is 4.51. The molecule has 166 valence electrons. The first kappa shape index (κ1) is 21.5. The summed E-state index contributed by atoms with van der Waals surface area (Å²) in [7, 11) is 0. The predicted molar refractivity (Wildman–Crippen MR) is 114 cm³/mol. The molecule has 2 bridgehead atoms. The van der Waals surface area contributed by atoms with Gasteiger partial charge in [-0.05, 0) is 55.1 Å². The molecule has 31 heavy (non-hydrogen) atoms. The molecule has 7 nitrogen and oxygen atoms in total. The molecular weight excluding hydrogens is 396 g/mol. The molecule has 1 saturated heterocycles. The Morgan fingerprint density at radius 3 is 2.16 bits per heavy atom. The molecule has 3 aliphatic rings. The molecule has 7 heteroatoms. The van der Waals surface area contributed by atoms with Gasteiger partial charge in [0.2, 0.25) is 11.8 Å². The van der Waals surface area contributed by atoms with E-state index in [1.54, 1.807) is 0 Å². The molecule has 4 atom stereocenters. The number of hydrogen-bond donors (Lipinski definition) is 1. The van der Waals surface area contributed by atoms with Gasteiger partial charge in [-0.3, -0.25) is 24.1 Å². The lowest BCUT2D eigenvalue weighted by atomic mass is 9.81. The zero-order valence-electron chi connectivity index (χ0n) is 18.2. The average molecular weight is 427 g/mol. The molecule has 0 spiro atoms. The number of amides is 3. The van der Waals surface area contributed by atoms with Gasteiger partial charge < -0.3 is 10.1 Å². The summed E-state index contributed by atoms with van der Waals surface area (Å²) in [6.45, 7) is 3.68. The second kappa shape index (κ2) is 8.81. The molecule has 2 aliphatic carbocycles. The first-order valence-electron chi connectivity index (χ1n) is 11.4. The average Bonchev–Trinajstić information content (AvgIpc) is 3.45. The van der Waals surface area contributed by atoms with Crippen LogP contribution in [-0.4, -0.2) is 41.7 Å². The van der Waals surface area contributed by atoms with Gasteiger partial charge in [0.25, 0.3) is 5.91 Å². The number of nitrogens with one attached hydrogen (secondary N) is 1. The number of imide groups is 1. The number of para-hydroxylation sites is 1. The van der Waals surface area contributed by atoms with E-state index in [9.17, 15) is 19.2 Å². The van der Waals surface area contributed by atoms with Crippen molar-refractivity contribution in [3.8, 4) is 0 Å². The Morgan fingerprint density at radius 1 is 1.03 bits per heavy atom. The van der Waals surface area contributed by atoms with Crippen molar-refractivity contribution in [1.29, 1.82) is 0 Å². The number of esters is 1. The van der Waals surface area contributed by atoms with Crippen molar-refractivity contribution in [3.63, 3.8) is 0 Å². The van der Waals surface area contributed by atoms with Gasteiger partial charge in [-0.2, -0.15) is 0 Å². The van der Waals surface area contributed by atoms with Crippen LogP contribution in [0.2, 0.25) is 0 Å². The Bertz CT molecular complexity index is 861. The number of nitrogens with zero attached hydrogens (tertiary/aromatic N) is 1. The summed E-state index contributed by atoms with van der Waals surface area (Å²) in [5.74, 6) is -0.957. The number of ether oxygens (including phenoxy) is 1. The summed E-state index contributed by atoms with van der Waals surface area (Å²) in [4.78, 5) is 51.1. The fraction of sp³-hybridized carbons (Fsp3) is 0.583. The van der Waals surface area contributed by atoms with Crippen LogP contribution in [0.25, 0.3) is 0 Å². The SMILES string of the molecule is CCc1cccc(CC)c1NC(=O)COC(=O)CCN1C(=O)[C@@H]2[C@H]3CC[C@@H](C3)[C@@H]2C1=O. The lowest BCUT2D eigenvalue weighted by molar-refractivity contribution is -0.149. The van der Waals surface area contributed by atoms with E-state index in [0.29, 0.717) is 11.8 Å². The van der Waals surface area contributed by atoms with E-state index in [0.717, 1.165) is 48.9 Å². The van der Waals surface area contributed by atoms with Crippen molar-refractivity contribution in [2.75, 3.05) is 18.5 Å². The van der Waals surface area contributed by atoms with Gasteiger partial charge in [0.1, 0.15) is 0 Å². The third kappa shape index (κ3) is 3.98. The minimum Gasteiger partial charge on any atom is -0.456 e. The van der Waals surface area contributed by atoms with Crippen LogP contribution in [0.15, 0.2) is 18.2 Å². The zero-order valence-corrected chi connectivity index (χ0v) is 18.2. The molecule has 1 N–H and O–H groups in total. The molecule has 3 fully saturated rings. The summed E-state index contributed by atoms with van der Waals surface area (Å²) >= 11 is 0. The molecule has 2 saturated carbocycles. The van der Waals surface area contributed by atoms with Crippen LogP contribution in [0.3, 0.4) is 0 Å². The van der Waals surface area contributed by atoms with Gasteiger partial charge in [0.15, 0.2) is 6.61 Å². The topological polar surface area (TPSA) is 92.8 Å². The van der Waals surface area contributed by atoms with E-state index in [2.05, 4.69) is 5.32 Å². The highest BCUT2D eigenvalue weighted by Crippen LogP contribution is 2.56. The van der Waals surface area contributed by atoms with Gasteiger partial charge in [0, 0.05) is 12.2 Å². The number of benzene rings is 1. The molecule has 0 aromatic heterocycles. The number of anilines is 1. The first-order chi connectivity index (χ1) is 14.9. The number of fused-ring (bicyclic) bond motifs is 5. The fourth-order valence-corrected chi connectivity index (χ4v) is 5.69. The second-order valence-electron chi connectivity index (χ2n) is 8.83. The quantitative estimate of drug-likeness (QED) is 0.510. The van der Waals surface area contributed by atoms with E-state index in [1.807, 2.05) is 32.0 Å². The van der Waals surface area contributed by atoms with Gasteiger partial charge in [-0.1, -0.05) is 32.0 Å². The molecule has 0 unspecified atom stereocenters. The van der Waals surface area contributed by atoms with Crippen molar-refractivity contribution in [2.45, 2.75) is 52.4 Å². The van der Waals surface area contributed by atoms with E-state index in [1.165, 1.54) is 4.90 Å². The first-order valence-corrected chi connectivity index (χ1v) is 11.4. The van der Waals surface area contributed by atoms with E-state index in [4.69, 9.17) is 4.74 Å². The van der Waals surface area contributed by atoms with E-state index >= 15 is 0 Å².